The van der Waals surface area contributed by atoms with E-state index in [0.29, 0.717) is 42.5 Å². The van der Waals surface area contributed by atoms with Gasteiger partial charge in [-0.15, -0.1) is 0 Å². The van der Waals surface area contributed by atoms with E-state index in [-0.39, 0.29) is 17.7 Å². The van der Waals surface area contributed by atoms with Gasteiger partial charge >= 0.3 is 0 Å². The Bertz CT molecular complexity index is 862. The number of rotatable bonds is 5. The molecule has 0 spiro atoms. The van der Waals surface area contributed by atoms with Crippen LogP contribution >= 0.6 is 11.6 Å². The predicted octanol–water partition coefficient (Wildman–Crippen LogP) is 4.00. The van der Waals surface area contributed by atoms with Crippen LogP contribution in [-0.4, -0.2) is 48.0 Å². The van der Waals surface area contributed by atoms with Crippen molar-refractivity contribution in [1.29, 1.82) is 0 Å². The lowest BCUT2D eigenvalue weighted by atomic mass is 10.1. The van der Waals surface area contributed by atoms with Crippen LogP contribution < -0.4 is 9.64 Å². The van der Waals surface area contributed by atoms with Gasteiger partial charge in [0.25, 0.3) is 11.6 Å². The number of nitrogens with zero attached hydrogens (tertiary/aromatic N) is 3. The number of amides is 1. The zero-order valence-electron chi connectivity index (χ0n) is 15.8. The highest BCUT2D eigenvalue weighted by Gasteiger charge is 2.28. The first-order valence-corrected chi connectivity index (χ1v) is 9.48. The fourth-order valence-electron chi connectivity index (χ4n) is 3.23. The maximum absolute atomic E-state index is 12.8. The second-order valence-electron chi connectivity index (χ2n) is 6.83. The van der Waals surface area contributed by atoms with Gasteiger partial charge in [0.05, 0.1) is 16.0 Å². The SMILES string of the molecule is CC(C)Oc1ccc(C(=O)N2CCN(c3c(Cl)cccc3[N+](=O)[O-])CC2)cc1. The first-order valence-electron chi connectivity index (χ1n) is 9.10. The Labute approximate surface area is 168 Å². The van der Waals surface area contributed by atoms with Crippen LogP contribution in [0.5, 0.6) is 5.75 Å². The van der Waals surface area contributed by atoms with Crippen molar-refractivity contribution in [1.82, 2.24) is 4.90 Å². The number of halogens is 1. The lowest BCUT2D eigenvalue weighted by molar-refractivity contribution is -0.384. The molecule has 0 radical (unpaired) electrons. The topological polar surface area (TPSA) is 75.9 Å². The average Bonchev–Trinajstić information content (AvgIpc) is 2.67. The number of piperazine rings is 1. The van der Waals surface area contributed by atoms with E-state index in [4.69, 9.17) is 16.3 Å². The molecule has 0 unspecified atom stereocenters. The summed E-state index contributed by atoms with van der Waals surface area (Å²) in [5.74, 6) is 0.659. The molecule has 1 heterocycles. The van der Waals surface area contributed by atoms with Crippen molar-refractivity contribution in [3.8, 4) is 5.75 Å². The number of ether oxygens (including phenoxy) is 1. The van der Waals surface area contributed by atoms with Crippen molar-refractivity contribution in [3.05, 3.63) is 63.2 Å². The molecular formula is C20H22ClN3O4. The largest absolute Gasteiger partial charge is 0.491 e. The summed E-state index contributed by atoms with van der Waals surface area (Å²) >= 11 is 6.21. The number of benzene rings is 2. The summed E-state index contributed by atoms with van der Waals surface area (Å²) in [5.41, 5.74) is 0.984. The maximum atomic E-state index is 12.8. The molecule has 1 aliphatic rings. The molecule has 1 amide bonds. The van der Waals surface area contributed by atoms with E-state index in [9.17, 15) is 14.9 Å². The monoisotopic (exact) mass is 403 g/mol. The van der Waals surface area contributed by atoms with Gasteiger partial charge in [0.1, 0.15) is 11.4 Å². The summed E-state index contributed by atoms with van der Waals surface area (Å²) in [6.07, 6.45) is 0.0727. The van der Waals surface area contributed by atoms with Crippen molar-refractivity contribution in [2.75, 3.05) is 31.1 Å². The summed E-state index contributed by atoms with van der Waals surface area (Å²) in [7, 11) is 0. The van der Waals surface area contributed by atoms with E-state index in [2.05, 4.69) is 0 Å². The Balaban J connectivity index is 1.67. The number of nitro benzene ring substituents is 1. The molecule has 148 valence electrons. The Hall–Kier alpha value is -2.80. The van der Waals surface area contributed by atoms with Gasteiger partial charge < -0.3 is 14.5 Å². The molecule has 0 saturated carbocycles. The number of hydrogen-bond acceptors (Lipinski definition) is 5. The van der Waals surface area contributed by atoms with E-state index in [1.54, 1.807) is 41.3 Å². The zero-order valence-corrected chi connectivity index (χ0v) is 16.6. The van der Waals surface area contributed by atoms with Crippen molar-refractivity contribution in [3.63, 3.8) is 0 Å². The third-order valence-corrected chi connectivity index (χ3v) is 4.82. The Morgan fingerprint density at radius 1 is 1.11 bits per heavy atom. The third-order valence-electron chi connectivity index (χ3n) is 4.52. The molecule has 3 rings (SSSR count). The molecule has 28 heavy (non-hydrogen) atoms. The van der Waals surface area contributed by atoms with Gasteiger partial charge in [-0.3, -0.25) is 14.9 Å². The molecule has 8 heteroatoms. The standard InChI is InChI=1S/C20H22ClN3O4/c1-14(2)28-16-8-6-15(7-9-16)20(25)23-12-10-22(11-13-23)19-17(21)4-3-5-18(19)24(26)27/h3-9,14H,10-13H2,1-2H3. The first kappa shape index (κ1) is 19.9. The van der Waals surface area contributed by atoms with Gasteiger partial charge in [-0.2, -0.15) is 0 Å². The van der Waals surface area contributed by atoms with Gasteiger partial charge in [-0.05, 0) is 44.2 Å². The molecule has 0 N–H and O–H groups in total. The van der Waals surface area contributed by atoms with Crippen LogP contribution in [0.1, 0.15) is 24.2 Å². The van der Waals surface area contributed by atoms with Crippen LogP contribution in [0, 0.1) is 10.1 Å². The minimum atomic E-state index is -0.431. The molecule has 2 aromatic rings. The maximum Gasteiger partial charge on any atom is 0.294 e. The molecule has 2 aromatic carbocycles. The van der Waals surface area contributed by atoms with Crippen molar-refractivity contribution >= 4 is 28.9 Å². The zero-order chi connectivity index (χ0) is 20.3. The third kappa shape index (κ3) is 4.36. The summed E-state index contributed by atoms with van der Waals surface area (Å²) < 4.78 is 5.60. The first-order chi connectivity index (χ1) is 13.4. The fraction of sp³-hybridized carbons (Fsp3) is 0.350. The summed E-state index contributed by atoms with van der Waals surface area (Å²) in [5, 5.41) is 11.7. The molecular weight excluding hydrogens is 382 g/mol. The van der Waals surface area contributed by atoms with Crippen molar-refractivity contribution in [2.45, 2.75) is 20.0 Å². The van der Waals surface area contributed by atoms with Gasteiger partial charge in [0.15, 0.2) is 0 Å². The van der Waals surface area contributed by atoms with E-state index in [1.165, 1.54) is 6.07 Å². The fourth-order valence-corrected chi connectivity index (χ4v) is 3.52. The summed E-state index contributed by atoms with van der Waals surface area (Å²) in [6, 6.07) is 11.7. The molecule has 1 aliphatic heterocycles. The molecule has 1 saturated heterocycles. The molecule has 0 bridgehead atoms. The van der Waals surface area contributed by atoms with Crippen LogP contribution in [0.2, 0.25) is 5.02 Å². The summed E-state index contributed by atoms with van der Waals surface area (Å²) in [4.78, 5) is 27.2. The van der Waals surface area contributed by atoms with E-state index < -0.39 is 4.92 Å². The van der Waals surface area contributed by atoms with Crippen LogP contribution in [0.4, 0.5) is 11.4 Å². The number of hydrogen-bond donors (Lipinski definition) is 0. The molecule has 0 aromatic heterocycles. The van der Waals surface area contributed by atoms with Crippen molar-refractivity contribution < 1.29 is 14.5 Å². The normalized spacial score (nSPS) is 14.3. The van der Waals surface area contributed by atoms with E-state index >= 15 is 0 Å². The Morgan fingerprint density at radius 3 is 2.32 bits per heavy atom. The Morgan fingerprint density at radius 2 is 1.75 bits per heavy atom. The minimum Gasteiger partial charge on any atom is -0.491 e. The highest BCUT2D eigenvalue weighted by atomic mass is 35.5. The van der Waals surface area contributed by atoms with Gasteiger partial charge in [0, 0.05) is 37.8 Å². The van der Waals surface area contributed by atoms with Gasteiger partial charge in [0.2, 0.25) is 0 Å². The van der Waals surface area contributed by atoms with Crippen LogP contribution in [0.15, 0.2) is 42.5 Å². The number of carbonyl (C=O) groups excluding carboxylic acids is 1. The molecule has 7 nitrogen and oxygen atoms in total. The smallest absolute Gasteiger partial charge is 0.294 e. The average molecular weight is 404 g/mol. The number of anilines is 1. The second-order valence-corrected chi connectivity index (χ2v) is 7.24. The molecule has 1 fully saturated rings. The van der Waals surface area contributed by atoms with Crippen molar-refractivity contribution in [2.24, 2.45) is 0 Å². The molecule has 0 aliphatic carbocycles. The second kappa shape index (κ2) is 8.48. The van der Waals surface area contributed by atoms with Crippen LogP contribution in [0.3, 0.4) is 0 Å². The number of para-hydroxylation sites is 1. The highest BCUT2D eigenvalue weighted by molar-refractivity contribution is 6.33. The van der Waals surface area contributed by atoms with Crippen LogP contribution in [-0.2, 0) is 0 Å². The minimum absolute atomic E-state index is 0.0204. The van der Waals surface area contributed by atoms with E-state index in [0.717, 1.165) is 5.75 Å². The highest BCUT2D eigenvalue weighted by Crippen LogP contribution is 2.35. The van der Waals surface area contributed by atoms with Crippen LogP contribution in [0.25, 0.3) is 0 Å². The molecule has 0 atom stereocenters. The predicted molar refractivity (Wildman–Crippen MR) is 108 cm³/mol. The number of nitro groups is 1. The quantitative estimate of drug-likeness (QED) is 0.557. The number of carbonyl (C=O) groups is 1. The Kier molecular flexibility index (Phi) is 6.04. The van der Waals surface area contributed by atoms with Gasteiger partial charge in [-0.1, -0.05) is 17.7 Å². The summed E-state index contributed by atoms with van der Waals surface area (Å²) in [6.45, 7) is 5.77. The van der Waals surface area contributed by atoms with E-state index in [1.807, 2.05) is 18.7 Å². The lowest BCUT2D eigenvalue weighted by Crippen LogP contribution is -2.49. The van der Waals surface area contributed by atoms with Gasteiger partial charge in [-0.25, -0.2) is 0 Å². The lowest BCUT2D eigenvalue weighted by Gasteiger charge is -2.36.